The molecular formula is C41H65IO12. The number of hydrogen-bond acceptors (Lipinski definition) is 11. The summed E-state index contributed by atoms with van der Waals surface area (Å²) in [7, 11) is 0. The molecule has 0 amide bonds. The largest absolute Gasteiger partial charge is 0.481 e. The minimum atomic E-state index is -1.69. The van der Waals surface area contributed by atoms with E-state index < -0.39 is 73.3 Å². The van der Waals surface area contributed by atoms with E-state index in [2.05, 4.69) is 77.1 Å². The van der Waals surface area contributed by atoms with Gasteiger partial charge in [0.15, 0.2) is 12.6 Å². The van der Waals surface area contributed by atoms with Gasteiger partial charge in [0.05, 0.1) is 24.7 Å². The van der Waals surface area contributed by atoms with Gasteiger partial charge in [-0.25, -0.2) is 0 Å². The molecule has 0 aromatic heterocycles. The summed E-state index contributed by atoms with van der Waals surface area (Å²) in [6.45, 7) is 15.7. The number of carboxylic acids is 1. The van der Waals surface area contributed by atoms with E-state index in [4.69, 9.17) is 18.9 Å². The summed E-state index contributed by atoms with van der Waals surface area (Å²) in [6, 6.07) is 0. The molecule has 0 spiro atoms. The van der Waals surface area contributed by atoms with Crippen LogP contribution in [0.5, 0.6) is 0 Å². The number of ether oxygens (including phenoxy) is 4. The Morgan fingerprint density at radius 3 is 2.19 bits per heavy atom. The van der Waals surface area contributed by atoms with Crippen LogP contribution in [-0.2, 0) is 23.7 Å². The molecule has 17 atom stereocenters. The number of aliphatic hydroxyl groups is 6. The molecule has 12 nitrogen and oxygen atoms in total. The van der Waals surface area contributed by atoms with Crippen LogP contribution in [0.3, 0.4) is 0 Å². The first-order chi connectivity index (χ1) is 25.0. The highest BCUT2D eigenvalue weighted by Gasteiger charge is 2.73. The van der Waals surface area contributed by atoms with Crippen molar-refractivity contribution >= 4 is 28.6 Å². The first-order valence-electron chi connectivity index (χ1n) is 20.3. The number of halogens is 1. The average molecular weight is 877 g/mol. The van der Waals surface area contributed by atoms with Crippen LogP contribution < -0.4 is 0 Å². The minimum absolute atomic E-state index is 0.00961. The van der Waals surface area contributed by atoms with Gasteiger partial charge in [-0.3, -0.25) is 4.79 Å². The number of aliphatic hydroxyl groups excluding tert-OH is 6. The van der Waals surface area contributed by atoms with Gasteiger partial charge in [0.2, 0.25) is 0 Å². The predicted octanol–water partition coefficient (Wildman–Crippen LogP) is 4.08. The van der Waals surface area contributed by atoms with Crippen molar-refractivity contribution in [1.29, 1.82) is 0 Å². The average Bonchev–Trinajstić information content (AvgIpc) is 3.10. The Balaban J connectivity index is 1.12. The first-order valence-corrected chi connectivity index (χ1v) is 21.3. The zero-order valence-electron chi connectivity index (χ0n) is 33.0. The summed E-state index contributed by atoms with van der Waals surface area (Å²) < 4.78 is 23.8. The second kappa shape index (κ2) is 13.8. The molecule has 2 heterocycles. The molecule has 54 heavy (non-hydrogen) atoms. The SMILES string of the molecule is CC1(C)CC[C@]2(C(=O)O)CC[C@]3(C)C(=CC[C@@H]4[C@@]5(C)CC[C@H](OC6OC[C@@H](O)C(OC7OC(CO)C(O)C(O)[C@H]7O)[C@H]6O)C(C)(C)C5(I)CC[C@]43C)[C@@H]2C1. The van der Waals surface area contributed by atoms with E-state index in [1.54, 1.807) is 0 Å². The van der Waals surface area contributed by atoms with Gasteiger partial charge in [0.1, 0.15) is 42.7 Å². The molecule has 2 saturated heterocycles. The van der Waals surface area contributed by atoms with Crippen LogP contribution in [0, 0.1) is 44.3 Å². The van der Waals surface area contributed by atoms with Crippen LogP contribution in [0.1, 0.15) is 113 Å². The number of carboxylic acid groups (broad SMARTS) is 1. The van der Waals surface area contributed by atoms with Crippen LogP contribution in [-0.4, -0.2) is 120 Å². The highest BCUT2D eigenvalue weighted by molar-refractivity contribution is 14.1. The van der Waals surface area contributed by atoms with Crippen LogP contribution in [0.25, 0.3) is 0 Å². The van der Waals surface area contributed by atoms with E-state index in [-0.39, 0.29) is 49.1 Å². The second-order valence-electron chi connectivity index (χ2n) is 20.2. The second-order valence-corrected chi connectivity index (χ2v) is 22.1. The molecule has 7 N–H and O–H groups in total. The van der Waals surface area contributed by atoms with Crippen molar-refractivity contribution < 1.29 is 59.5 Å². The quantitative estimate of drug-likeness (QED) is 0.0877. The third kappa shape index (κ3) is 5.81. The smallest absolute Gasteiger partial charge is 0.310 e. The molecule has 4 saturated carbocycles. The maximum absolute atomic E-state index is 13.1. The number of rotatable bonds is 6. The molecule has 7 unspecified atom stereocenters. The number of hydrogen-bond donors (Lipinski definition) is 7. The Hall–Kier alpha value is -0.460. The molecule has 7 rings (SSSR count). The molecule has 0 aromatic rings. The maximum Gasteiger partial charge on any atom is 0.310 e. The van der Waals surface area contributed by atoms with E-state index >= 15 is 0 Å². The van der Waals surface area contributed by atoms with Crippen molar-refractivity contribution in [2.24, 2.45) is 44.3 Å². The van der Waals surface area contributed by atoms with Gasteiger partial charge in [-0.15, -0.1) is 0 Å². The number of aliphatic carboxylic acids is 1. The minimum Gasteiger partial charge on any atom is -0.481 e. The summed E-state index contributed by atoms with van der Waals surface area (Å²) in [4.78, 5) is 13.1. The monoisotopic (exact) mass is 876 g/mol. The van der Waals surface area contributed by atoms with Crippen LogP contribution in [0.15, 0.2) is 11.6 Å². The normalized spacial score (nSPS) is 53.9. The Kier molecular flexibility index (Phi) is 10.7. The van der Waals surface area contributed by atoms with E-state index in [0.717, 1.165) is 64.2 Å². The fourth-order valence-electron chi connectivity index (χ4n) is 13.2. The highest BCUT2D eigenvalue weighted by Crippen LogP contribution is 2.78. The molecule has 2 aliphatic heterocycles. The molecule has 13 heteroatoms. The maximum atomic E-state index is 13.1. The topological polar surface area (TPSA) is 196 Å². The van der Waals surface area contributed by atoms with Crippen molar-refractivity contribution in [1.82, 2.24) is 0 Å². The van der Waals surface area contributed by atoms with E-state index in [1.807, 2.05) is 0 Å². The van der Waals surface area contributed by atoms with Gasteiger partial charge >= 0.3 is 5.97 Å². The van der Waals surface area contributed by atoms with Crippen molar-refractivity contribution in [2.45, 2.75) is 178 Å². The first kappa shape index (κ1) is 41.7. The van der Waals surface area contributed by atoms with Crippen molar-refractivity contribution in [2.75, 3.05) is 13.2 Å². The number of carbonyl (C=O) groups is 1. The van der Waals surface area contributed by atoms with Crippen LogP contribution >= 0.6 is 22.6 Å². The molecule has 7 aliphatic rings. The van der Waals surface area contributed by atoms with Gasteiger partial charge in [-0.2, -0.15) is 0 Å². The zero-order chi connectivity index (χ0) is 39.6. The van der Waals surface area contributed by atoms with Gasteiger partial charge < -0.3 is 54.7 Å². The lowest BCUT2D eigenvalue weighted by Gasteiger charge is -2.74. The fraction of sp³-hybridized carbons (Fsp3) is 0.927. The van der Waals surface area contributed by atoms with Crippen molar-refractivity contribution in [3.05, 3.63) is 11.6 Å². The molecule has 5 aliphatic carbocycles. The third-order valence-corrected chi connectivity index (χ3v) is 20.2. The third-order valence-electron chi connectivity index (χ3n) is 17.1. The Morgan fingerprint density at radius 2 is 1.52 bits per heavy atom. The van der Waals surface area contributed by atoms with Gasteiger partial charge in [-0.05, 0) is 97.7 Å². The molecule has 308 valence electrons. The van der Waals surface area contributed by atoms with Crippen LogP contribution in [0.2, 0.25) is 0 Å². The number of fused-ring (bicyclic) bond motifs is 7. The molecule has 0 radical (unpaired) electrons. The van der Waals surface area contributed by atoms with E-state index in [1.165, 1.54) is 5.57 Å². The standard InChI is InChI=1S/C41H65IO12/c1-35(2)12-15-40(34(49)50)16-13-37(5)21(22(40)18-35)8-9-25-38(37,6)14-17-41(42)36(3,4)26(10-11-39(25,41)7)53-32-30(48)31(23(44)20-51-32)54-33-29(47)28(46)27(45)24(19-43)52-33/h8,22-33,43-48H,9-20H2,1-7H3,(H,49,50)/t22-,23+,24?,25-,26-,27?,28?,29+,30+,31?,32?,33?,37+,38+,39+,40-,41?/m0/s1. The van der Waals surface area contributed by atoms with E-state index in [9.17, 15) is 40.5 Å². The molecule has 0 aromatic carbocycles. The van der Waals surface area contributed by atoms with Gasteiger partial charge in [0.25, 0.3) is 0 Å². The number of allylic oxidation sites excluding steroid dienone is 2. The summed E-state index contributed by atoms with van der Waals surface area (Å²) in [5.41, 5.74) is 0.297. The fourth-order valence-corrected chi connectivity index (χ4v) is 14.5. The van der Waals surface area contributed by atoms with Gasteiger partial charge in [0, 0.05) is 8.84 Å². The highest BCUT2D eigenvalue weighted by atomic mass is 127. The lowest BCUT2D eigenvalue weighted by Crippen LogP contribution is -2.71. The van der Waals surface area contributed by atoms with Crippen molar-refractivity contribution in [3.63, 3.8) is 0 Å². The summed E-state index contributed by atoms with van der Waals surface area (Å²) in [6.07, 6.45) is -1.94. The molecule has 0 bridgehead atoms. The Labute approximate surface area is 333 Å². The zero-order valence-corrected chi connectivity index (χ0v) is 35.2. The van der Waals surface area contributed by atoms with Gasteiger partial charge in [-0.1, -0.05) is 82.7 Å². The summed E-state index contributed by atoms with van der Waals surface area (Å²) in [5, 5.41) is 73.7. The van der Waals surface area contributed by atoms with Crippen molar-refractivity contribution in [3.8, 4) is 0 Å². The molecule has 6 fully saturated rings. The molecular weight excluding hydrogens is 811 g/mol. The van der Waals surface area contributed by atoms with E-state index in [0.29, 0.717) is 5.92 Å². The lowest BCUT2D eigenvalue weighted by molar-refractivity contribution is -0.356. The Morgan fingerprint density at radius 1 is 0.833 bits per heavy atom. The lowest BCUT2D eigenvalue weighted by atomic mass is 9.33. The predicted molar refractivity (Wildman–Crippen MR) is 205 cm³/mol. The van der Waals surface area contributed by atoms with Crippen LogP contribution in [0.4, 0.5) is 0 Å². The summed E-state index contributed by atoms with van der Waals surface area (Å²) >= 11 is 2.73. The Bertz CT molecular complexity index is 1490. The number of alkyl halides is 1. The summed E-state index contributed by atoms with van der Waals surface area (Å²) in [5.74, 6) is -0.182.